The topological polar surface area (TPSA) is 92.4 Å². The van der Waals surface area contributed by atoms with E-state index >= 15 is 0 Å². The van der Waals surface area contributed by atoms with Crippen molar-refractivity contribution in [2.75, 3.05) is 5.32 Å². The van der Waals surface area contributed by atoms with Crippen LogP contribution in [0.25, 0.3) is 0 Å². The van der Waals surface area contributed by atoms with E-state index in [-0.39, 0.29) is 18.4 Å². The first-order valence-corrected chi connectivity index (χ1v) is 5.31. The van der Waals surface area contributed by atoms with E-state index in [9.17, 15) is 9.59 Å². The van der Waals surface area contributed by atoms with Crippen LogP contribution in [0.2, 0.25) is 0 Å². The van der Waals surface area contributed by atoms with Gasteiger partial charge in [0.05, 0.1) is 6.42 Å². The van der Waals surface area contributed by atoms with Gasteiger partial charge in [-0.05, 0) is 24.1 Å². The molecule has 5 heteroatoms. The summed E-state index contributed by atoms with van der Waals surface area (Å²) >= 11 is 0. The van der Waals surface area contributed by atoms with E-state index in [1.165, 1.54) is 6.92 Å². The van der Waals surface area contributed by atoms with Crippen molar-refractivity contribution in [3.63, 3.8) is 0 Å². The first kappa shape index (κ1) is 13.2. The van der Waals surface area contributed by atoms with E-state index in [1.54, 1.807) is 12.1 Å². The Morgan fingerprint density at radius 3 is 2.41 bits per heavy atom. The number of hydrogen-bond donors (Lipinski definition) is 3. The number of nitrogens with two attached hydrogens (primary N) is 1. The summed E-state index contributed by atoms with van der Waals surface area (Å²) in [5.41, 5.74) is 7.34. The number of carbonyl (C=O) groups excluding carboxylic acids is 1. The van der Waals surface area contributed by atoms with E-state index in [1.807, 2.05) is 12.1 Å². The van der Waals surface area contributed by atoms with Gasteiger partial charge in [0, 0.05) is 18.7 Å². The van der Waals surface area contributed by atoms with Crippen LogP contribution in [-0.4, -0.2) is 23.0 Å². The van der Waals surface area contributed by atoms with Crippen molar-refractivity contribution in [1.82, 2.24) is 0 Å². The molecule has 0 saturated carbocycles. The molecule has 0 heterocycles. The minimum atomic E-state index is -0.896. The Bertz CT molecular complexity index is 401. The van der Waals surface area contributed by atoms with Crippen molar-refractivity contribution in [3.8, 4) is 0 Å². The smallest absolute Gasteiger partial charge is 0.304 e. The van der Waals surface area contributed by atoms with E-state index < -0.39 is 5.97 Å². The van der Waals surface area contributed by atoms with Gasteiger partial charge < -0.3 is 16.2 Å². The van der Waals surface area contributed by atoms with Gasteiger partial charge in [-0.1, -0.05) is 12.1 Å². The molecule has 0 aliphatic heterocycles. The Hall–Kier alpha value is -1.88. The number of aliphatic carboxylic acids is 1. The van der Waals surface area contributed by atoms with Gasteiger partial charge in [-0.3, -0.25) is 9.59 Å². The zero-order chi connectivity index (χ0) is 12.8. The van der Waals surface area contributed by atoms with Gasteiger partial charge >= 0.3 is 5.97 Å². The fourth-order valence-electron chi connectivity index (χ4n) is 1.53. The summed E-state index contributed by atoms with van der Waals surface area (Å²) in [6.45, 7) is 1.44. The lowest BCUT2D eigenvalue weighted by Gasteiger charge is -2.09. The lowest BCUT2D eigenvalue weighted by atomic mass is 10.0. The Balaban J connectivity index is 2.56. The highest BCUT2D eigenvalue weighted by molar-refractivity contribution is 5.88. The molecule has 92 valence electrons. The Labute approximate surface area is 99.6 Å². The minimum absolute atomic E-state index is 0.0482. The van der Waals surface area contributed by atoms with E-state index in [4.69, 9.17) is 10.8 Å². The van der Waals surface area contributed by atoms with Crippen LogP contribution in [0.1, 0.15) is 18.9 Å². The molecule has 5 nitrogen and oxygen atoms in total. The maximum Gasteiger partial charge on any atom is 0.304 e. The molecule has 0 bridgehead atoms. The van der Waals surface area contributed by atoms with Gasteiger partial charge in [0.25, 0.3) is 0 Å². The SMILES string of the molecule is CC(=O)Nc1ccc(C[C@H](N)CC(=O)O)cc1. The molecule has 1 aromatic rings. The molecule has 0 spiro atoms. The highest BCUT2D eigenvalue weighted by Gasteiger charge is 2.08. The van der Waals surface area contributed by atoms with Crippen molar-refractivity contribution < 1.29 is 14.7 Å². The summed E-state index contributed by atoms with van der Waals surface area (Å²) in [4.78, 5) is 21.2. The van der Waals surface area contributed by atoms with Crippen LogP contribution in [0.4, 0.5) is 5.69 Å². The van der Waals surface area contributed by atoms with Crippen molar-refractivity contribution >= 4 is 17.6 Å². The minimum Gasteiger partial charge on any atom is -0.481 e. The second-order valence-corrected chi connectivity index (χ2v) is 3.94. The number of carbonyl (C=O) groups is 2. The van der Waals surface area contributed by atoms with Crippen LogP contribution in [0.3, 0.4) is 0 Å². The first-order chi connectivity index (χ1) is 7.97. The second-order valence-electron chi connectivity index (χ2n) is 3.94. The Morgan fingerprint density at radius 1 is 1.35 bits per heavy atom. The third-order valence-corrected chi connectivity index (χ3v) is 2.21. The van der Waals surface area contributed by atoms with E-state index in [2.05, 4.69) is 5.32 Å². The molecule has 17 heavy (non-hydrogen) atoms. The average Bonchev–Trinajstić information content (AvgIpc) is 2.18. The summed E-state index contributed by atoms with van der Waals surface area (Å²) in [6, 6.07) is 6.80. The molecule has 1 amide bonds. The first-order valence-electron chi connectivity index (χ1n) is 5.31. The predicted molar refractivity (Wildman–Crippen MR) is 64.7 cm³/mol. The average molecular weight is 236 g/mol. The number of amides is 1. The second kappa shape index (κ2) is 6.00. The summed E-state index contributed by atoms with van der Waals surface area (Å²) in [6.07, 6.45) is 0.458. The van der Waals surface area contributed by atoms with Gasteiger partial charge in [-0.25, -0.2) is 0 Å². The zero-order valence-electron chi connectivity index (χ0n) is 9.64. The van der Waals surface area contributed by atoms with Gasteiger partial charge in [-0.2, -0.15) is 0 Å². The maximum absolute atomic E-state index is 10.8. The van der Waals surface area contributed by atoms with Crippen LogP contribution in [0, 0.1) is 0 Å². The number of anilines is 1. The predicted octanol–water partition coefficient (Wildman–Crippen LogP) is 0.989. The molecule has 0 saturated heterocycles. The monoisotopic (exact) mass is 236 g/mol. The third kappa shape index (κ3) is 5.12. The summed E-state index contributed by atoms with van der Waals surface area (Å²) in [5.74, 6) is -1.02. The summed E-state index contributed by atoms with van der Waals surface area (Å²) in [5, 5.41) is 11.2. The van der Waals surface area contributed by atoms with Crippen LogP contribution in [-0.2, 0) is 16.0 Å². The largest absolute Gasteiger partial charge is 0.481 e. The number of benzene rings is 1. The van der Waals surface area contributed by atoms with Crippen LogP contribution in [0.5, 0.6) is 0 Å². The van der Waals surface area contributed by atoms with Gasteiger partial charge in [0.1, 0.15) is 0 Å². The Morgan fingerprint density at radius 2 is 1.94 bits per heavy atom. The van der Waals surface area contributed by atoms with Gasteiger partial charge in [-0.15, -0.1) is 0 Å². The van der Waals surface area contributed by atoms with Crippen molar-refractivity contribution in [2.45, 2.75) is 25.8 Å². The lowest BCUT2D eigenvalue weighted by molar-refractivity contribution is -0.137. The fraction of sp³-hybridized carbons (Fsp3) is 0.333. The molecule has 0 aromatic heterocycles. The molecule has 0 fully saturated rings. The quantitative estimate of drug-likeness (QED) is 0.710. The molecule has 0 unspecified atom stereocenters. The van der Waals surface area contributed by atoms with Crippen molar-refractivity contribution in [1.29, 1.82) is 0 Å². The molecule has 1 aromatic carbocycles. The molecule has 4 N–H and O–H groups in total. The summed E-state index contributed by atoms with van der Waals surface area (Å²) < 4.78 is 0. The maximum atomic E-state index is 10.8. The standard InChI is InChI=1S/C12H16N2O3/c1-8(15)14-11-4-2-9(3-5-11)6-10(13)7-12(16)17/h2-5,10H,6-7,13H2,1H3,(H,14,15)(H,16,17)/t10-/m0/s1. The van der Waals surface area contributed by atoms with Gasteiger partial charge in [0.2, 0.25) is 5.91 Å². The number of carboxylic acids is 1. The zero-order valence-corrected chi connectivity index (χ0v) is 9.64. The van der Waals surface area contributed by atoms with E-state index in [0.717, 1.165) is 5.56 Å². The molecule has 0 aliphatic carbocycles. The summed E-state index contributed by atoms with van der Waals surface area (Å²) in [7, 11) is 0. The van der Waals surface area contributed by atoms with Crippen molar-refractivity contribution in [2.24, 2.45) is 5.73 Å². The Kier molecular flexibility index (Phi) is 4.66. The normalized spacial score (nSPS) is 11.9. The number of nitrogens with one attached hydrogen (secondary N) is 1. The number of carboxylic acid groups (broad SMARTS) is 1. The molecular formula is C12H16N2O3. The van der Waals surface area contributed by atoms with Crippen LogP contribution in [0.15, 0.2) is 24.3 Å². The third-order valence-electron chi connectivity index (χ3n) is 2.21. The lowest BCUT2D eigenvalue weighted by Crippen LogP contribution is -2.26. The molecule has 0 aliphatic rings. The number of hydrogen-bond acceptors (Lipinski definition) is 3. The van der Waals surface area contributed by atoms with Crippen LogP contribution < -0.4 is 11.1 Å². The highest BCUT2D eigenvalue weighted by atomic mass is 16.4. The molecular weight excluding hydrogens is 220 g/mol. The molecule has 1 atom stereocenters. The molecule has 0 radical (unpaired) electrons. The highest BCUT2D eigenvalue weighted by Crippen LogP contribution is 2.11. The van der Waals surface area contributed by atoms with E-state index in [0.29, 0.717) is 12.1 Å². The molecule has 1 rings (SSSR count). The van der Waals surface area contributed by atoms with Crippen LogP contribution >= 0.6 is 0 Å². The number of rotatable bonds is 5. The van der Waals surface area contributed by atoms with Gasteiger partial charge in [0.15, 0.2) is 0 Å². The van der Waals surface area contributed by atoms with Crippen molar-refractivity contribution in [3.05, 3.63) is 29.8 Å². The fourth-order valence-corrected chi connectivity index (χ4v) is 1.53.